The minimum absolute atomic E-state index is 0.0320. The standard InChI is InChI=1S/C33H35FN2O2/c1-24(2)33(23-35,29-11-6-10-28(22-29)32(38)25-8-4-3-5-9-25)18-7-19-36-20-16-27(17-21-36)31(37)26-12-14-30(34)15-13-26/h3-6,8-15,22,24,27H,7,16-21H2,1-2H3. The van der Waals surface area contributed by atoms with Crippen molar-refractivity contribution in [2.75, 3.05) is 19.6 Å². The van der Waals surface area contributed by atoms with Crippen LogP contribution in [-0.4, -0.2) is 36.1 Å². The highest BCUT2D eigenvalue weighted by atomic mass is 19.1. The molecular weight excluding hydrogens is 475 g/mol. The van der Waals surface area contributed by atoms with E-state index in [1.54, 1.807) is 12.1 Å². The maximum atomic E-state index is 13.2. The van der Waals surface area contributed by atoms with Crippen molar-refractivity contribution in [3.63, 3.8) is 0 Å². The fourth-order valence-electron chi connectivity index (χ4n) is 5.56. The number of Topliss-reactive ketones (excluding diaryl/α,β-unsaturated/α-hetero) is 1. The number of hydrogen-bond donors (Lipinski definition) is 0. The molecule has 4 rings (SSSR count). The predicted octanol–water partition coefficient (Wildman–Crippen LogP) is 6.85. The average Bonchev–Trinajstić information content (AvgIpc) is 2.96. The Morgan fingerprint density at radius 3 is 2.24 bits per heavy atom. The monoisotopic (exact) mass is 510 g/mol. The first-order valence-electron chi connectivity index (χ1n) is 13.5. The van der Waals surface area contributed by atoms with Crippen LogP contribution in [0.3, 0.4) is 0 Å². The zero-order chi connectivity index (χ0) is 27.1. The van der Waals surface area contributed by atoms with E-state index < -0.39 is 5.41 Å². The van der Waals surface area contributed by atoms with E-state index in [0.29, 0.717) is 23.1 Å². The molecule has 1 heterocycles. The number of nitrogens with zero attached hydrogens (tertiary/aromatic N) is 2. The summed E-state index contributed by atoms with van der Waals surface area (Å²) in [4.78, 5) is 28.2. The Morgan fingerprint density at radius 1 is 0.947 bits per heavy atom. The van der Waals surface area contributed by atoms with Gasteiger partial charge < -0.3 is 4.90 Å². The van der Waals surface area contributed by atoms with Gasteiger partial charge in [0.05, 0.1) is 11.5 Å². The number of carbonyl (C=O) groups is 2. The molecule has 1 atom stereocenters. The molecule has 0 radical (unpaired) electrons. The predicted molar refractivity (Wildman–Crippen MR) is 148 cm³/mol. The molecule has 4 nitrogen and oxygen atoms in total. The number of nitriles is 1. The van der Waals surface area contributed by atoms with Gasteiger partial charge in [-0.05, 0) is 87.1 Å². The number of halogens is 1. The summed E-state index contributed by atoms with van der Waals surface area (Å²) in [6.07, 6.45) is 3.11. The summed E-state index contributed by atoms with van der Waals surface area (Å²) in [5, 5.41) is 10.4. The maximum Gasteiger partial charge on any atom is 0.193 e. The number of carbonyl (C=O) groups excluding carboxylic acids is 2. The van der Waals surface area contributed by atoms with Gasteiger partial charge >= 0.3 is 0 Å². The van der Waals surface area contributed by atoms with Gasteiger partial charge in [0.25, 0.3) is 0 Å². The first-order chi connectivity index (χ1) is 18.3. The van der Waals surface area contributed by atoms with Gasteiger partial charge in [-0.15, -0.1) is 0 Å². The average molecular weight is 511 g/mol. The number of likely N-dealkylation sites (tertiary alicyclic amines) is 1. The highest BCUT2D eigenvalue weighted by Crippen LogP contribution is 2.37. The number of piperidine rings is 1. The lowest BCUT2D eigenvalue weighted by Crippen LogP contribution is -2.38. The minimum Gasteiger partial charge on any atom is -0.303 e. The van der Waals surface area contributed by atoms with E-state index in [9.17, 15) is 19.2 Å². The Hall–Kier alpha value is -3.62. The molecule has 0 amide bonds. The van der Waals surface area contributed by atoms with E-state index in [1.165, 1.54) is 12.1 Å². The molecule has 1 unspecified atom stereocenters. The molecular formula is C33H35FN2O2. The van der Waals surface area contributed by atoms with E-state index in [-0.39, 0.29) is 29.2 Å². The molecule has 1 aliphatic heterocycles. The van der Waals surface area contributed by atoms with Gasteiger partial charge in [0.2, 0.25) is 0 Å². The second-order valence-corrected chi connectivity index (χ2v) is 10.6. The topological polar surface area (TPSA) is 61.2 Å². The number of benzene rings is 3. The fourth-order valence-corrected chi connectivity index (χ4v) is 5.56. The molecule has 5 heteroatoms. The molecule has 0 saturated carbocycles. The lowest BCUT2D eigenvalue weighted by molar-refractivity contribution is 0.0837. The second-order valence-electron chi connectivity index (χ2n) is 10.6. The van der Waals surface area contributed by atoms with E-state index in [2.05, 4.69) is 24.8 Å². The van der Waals surface area contributed by atoms with Crippen LogP contribution >= 0.6 is 0 Å². The Kier molecular flexibility index (Phi) is 8.86. The van der Waals surface area contributed by atoms with Crippen molar-refractivity contribution in [1.82, 2.24) is 4.90 Å². The lowest BCUT2D eigenvalue weighted by atomic mass is 9.69. The SMILES string of the molecule is CC(C)C(C#N)(CCCN1CCC(C(=O)c2ccc(F)cc2)CC1)c1cccc(C(=O)c2ccccc2)c1. The van der Waals surface area contributed by atoms with Gasteiger partial charge in [-0.2, -0.15) is 5.26 Å². The third kappa shape index (κ3) is 6.09. The Bertz CT molecular complexity index is 1290. The number of hydrogen-bond acceptors (Lipinski definition) is 4. The summed E-state index contributed by atoms with van der Waals surface area (Å²) in [5.41, 5.74) is 2.01. The molecule has 0 N–H and O–H groups in total. The van der Waals surface area contributed by atoms with Gasteiger partial charge in [0.1, 0.15) is 5.82 Å². The summed E-state index contributed by atoms with van der Waals surface area (Å²) in [5.74, 6) is -0.233. The van der Waals surface area contributed by atoms with Crippen LogP contribution in [0.4, 0.5) is 4.39 Å². The molecule has 196 valence electrons. The summed E-state index contributed by atoms with van der Waals surface area (Å²) in [6, 6.07) is 25.2. The van der Waals surface area contributed by atoms with Crippen molar-refractivity contribution < 1.29 is 14.0 Å². The smallest absolute Gasteiger partial charge is 0.193 e. The van der Waals surface area contributed by atoms with Gasteiger partial charge in [-0.25, -0.2) is 4.39 Å². The Balaban J connectivity index is 1.38. The molecule has 1 aliphatic rings. The van der Waals surface area contributed by atoms with Crippen molar-refractivity contribution in [1.29, 1.82) is 5.26 Å². The first-order valence-corrected chi connectivity index (χ1v) is 13.5. The van der Waals surface area contributed by atoms with Crippen molar-refractivity contribution in [3.8, 4) is 6.07 Å². The molecule has 0 spiro atoms. The Morgan fingerprint density at radius 2 is 1.61 bits per heavy atom. The van der Waals surface area contributed by atoms with Crippen LogP contribution in [0, 0.1) is 29.0 Å². The molecule has 3 aromatic rings. The molecule has 1 fully saturated rings. The largest absolute Gasteiger partial charge is 0.303 e. The molecule has 0 bridgehead atoms. The summed E-state index contributed by atoms with van der Waals surface area (Å²) < 4.78 is 13.2. The van der Waals surface area contributed by atoms with Crippen LogP contribution in [0.15, 0.2) is 78.9 Å². The normalized spacial score (nSPS) is 16.1. The van der Waals surface area contributed by atoms with E-state index in [1.807, 2.05) is 54.6 Å². The van der Waals surface area contributed by atoms with Crippen molar-refractivity contribution in [2.45, 2.75) is 44.9 Å². The molecule has 0 aliphatic carbocycles. The molecule has 0 aromatic heterocycles. The first kappa shape index (κ1) is 27.4. The molecule has 3 aromatic carbocycles. The van der Waals surface area contributed by atoms with Crippen molar-refractivity contribution in [2.24, 2.45) is 11.8 Å². The van der Waals surface area contributed by atoms with Gasteiger partial charge in [0.15, 0.2) is 11.6 Å². The fraction of sp³-hybridized carbons (Fsp3) is 0.364. The quantitative estimate of drug-likeness (QED) is 0.280. The highest BCUT2D eigenvalue weighted by Gasteiger charge is 2.36. The van der Waals surface area contributed by atoms with Crippen molar-refractivity contribution >= 4 is 11.6 Å². The van der Waals surface area contributed by atoms with Crippen molar-refractivity contribution in [3.05, 3.63) is 107 Å². The van der Waals surface area contributed by atoms with Crippen LogP contribution in [0.25, 0.3) is 0 Å². The van der Waals surface area contributed by atoms with Crippen LogP contribution in [0.5, 0.6) is 0 Å². The van der Waals surface area contributed by atoms with Gasteiger partial charge in [-0.3, -0.25) is 9.59 Å². The van der Waals surface area contributed by atoms with Crippen LogP contribution in [0.1, 0.15) is 71.4 Å². The third-order valence-corrected chi connectivity index (χ3v) is 7.99. The molecule has 38 heavy (non-hydrogen) atoms. The minimum atomic E-state index is -0.691. The number of rotatable bonds is 10. The molecule has 1 saturated heterocycles. The van der Waals surface area contributed by atoms with Crippen LogP contribution in [-0.2, 0) is 5.41 Å². The van der Waals surface area contributed by atoms with Crippen LogP contribution < -0.4 is 0 Å². The van der Waals surface area contributed by atoms with E-state index in [4.69, 9.17) is 0 Å². The summed E-state index contributed by atoms with van der Waals surface area (Å²) in [7, 11) is 0. The lowest BCUT2D eigenvalue weighted by Gasteiger charge is -2.34. The van der Waals surface area contributed by atoms with E-state index in [0.717, 1.165) is 44.5 Å². The van der Waals surface area contributed by atoms with Crippen LogP contribution in [0.2, 0.25) is 0 Å². The third-order valence-electron chi connectivity index (χ3n) is 7.99. The number of ketones is 2. The van der Waals surface area contributed by atoms with E-state index >= 15 is 0 Å². The second kappa shape index (κ2) is 12.3. The zero-order valence-corrected chi connectivity index (χ0v) is 22.2. The maximum absolute atomic E-state index is 13.2. The highest BCUT2D eigenvalue weighted by molar-refractivity contribution is 6.09. The summed E-state index contributed by atoms with van der Waals surface area (Å²) in [6.45, 7) is 6.67. The summed E-state index contributed by atoms with van der Waals surface area (Å²) >= 11 is 0. The van der Waals surface area contributed by atoms with Gasteiger partial charge in [-0.1, -0.05) is 62.4 Å². The van der Waals surface area contributed by atoms with Gasteiger partial charge in [0, 0.05) is 22.6 Å². The Labute approximate surface area is 225 Å². The zero-order valence-electron chi connectivity index (χ0n) is 22.2.